The number of carbonyl (C=O) groups excluding carboxylic acids is 1. The molecule has 106 valence electrons. The SMILES string of the molecule is O=C(CCc1ccc2oc(=O)[nH]c2c1)Nc1ccccc1. The van der Waals surface area contributed by atoms with Crippen LogP contribution in [0.4, 0.5) is 5.69 Å². The van der Waals surface area contributed by atoms with Gasteiger partial charge in [0.1, 0.15) is 0 Å². The summed E-state index contributed by atoms with van der Waals surface area (Å²) in [5.41, 5.74) is 2.94. The average Bonchev–Trinajstić information content (AvgIpc) is 2.85. The van der Waals surface area contributed by atoms with E-state index < -0.39 is 5.76 Å². The molecule has 1 aromatic heterocycles. The maximum absolute atomic E-state index is 11.9. The number of aromatic amines is 1. The van der Waals surface area contributed by atoms with Crippen molar-refractivity contribution in [2.75, 3.05) is 5.32 Å². The van der Waals surface area contributed by atoms with Crippen molar-refractivity contribution in [2.45, 2.75) is 12.8 Å². The summed E-state index contributed by atoms with van der Waals surface area (Å²) in [6.45, 7) is 0. The van der Waals surface area contributed by atoms with E-state index in [-0.39, 0.29) is 5.91 Å². The summed E-state index contributed by atoms with van der Waals surface area (Å²) in [5, 5.41) is 2.84. The van der Waals surface area contributed by atoms with Gasteiger partial charge in [0.2, 0.25) is 5.91 Å². The van der Waals surface area contributed by atoms with Gasteiger partial charge in [-0.15, -0.1) is 0 Å². The van der Waals surface area contributed by atoms with Gasteiger partial charge in [-0.05, 0) is 36.2 Å². The van der Waals surface area contributed by atoms with E-state index in [2.05, 4.69) is 10.3 Å². The first-order valence-corrected chi connectivity index (χ1v) is 6.67. The minimum absolute atomic E-state index is 0.0398. The van der Waals surface area contributed by atoms with Crippen molar-refractivity contribution in [3.63, 3.8) is 0 Å². The average molecular weight is 282 g/mol. The van der Waals surface area contributed by atoms with Gasteiger partial charge < -0.3 is 9.73 Å². The summed E-state index contributed by atoms with van der Waals surface area (Å²) in [5.74, 6) is -0.508. The van der Waals surface area contributed by atoms with Crippen molar-refractivity contribution in [2.24, 2.45) is 0 Å². The molecule has 0 aliphatic heterocycles. The Morgan fingerprint density at radius 2 is 1.95 bits per heavy atom. The van der Waals surface area contributed by atoms with Crippen LogP contribution in [0.5, 0.6) is 0 Å². The molecule has 0 saturated heterocycles. The van der Waals surface area contributed by atoms with Crippen LogP contribution in [0.15, 0.2) is 57.7 Å². The first-order valence-electron chi connectivity index (χ1n) is 6.67. The fraction of sp³-hybridized carbons (Fsp3) is 0.125. The van der Waals surface area contributed by atoms with Crippen LogP contribution in [0.25, 0.3) is 11.1 Å². The molecule has 1 heterocycles. The number of aromatic nitrogens is 1. The smallest absolute Gasteiger partial charge is 0.408 e. The van der Waals surface area contributed by atoms with Crippen molar-refractivity contribution in [3.8, 4) is 0 Å². The molecule has 21 heavy (non-hydrogen) atoms. The molecule has 0 radical (unpaired) electrons. The zero-order valence-electron chi connectivity index (χ0n) is 11.3. The van der Waals surface area contributed by atoms with Crippen LogP contribution in [0.1, 0.15) is 12.0 Å². The number of fused-ring (bicyclic) bond motifs is 1. The largest absolute Gasteiger partial charge is 0.417 e. The number of para-hydroxylation sites is 1. The van der Waals surface area contributed by atoms with Gasteiger partial charge in [0.25, 0.3) is 0 Å². The minimum Gasteiger partial charge on any atom is -0.408 e. The Hall–Kier alpha value is -2.82. The molecule has 3 aromatic rings. The summed E-state index contributed by atoms with van der Waals surface area (Å²) in [6, 6.07) is 14.8. The molecule has 0 aliphatic rings. The highest BCUT2D eigenvalue weighted by molar-refractivity contribution is 5.90. The third-order valence-corrected chi connectivity index (χ3v) is 3.18. The monoisotopic (exact) mass is 282 g/mol. The zero-order chi connectivity index (χ0) is 14.7. The van der Waals surface area contributed by atoms with E-state index in [0.717, 1.165) is 11.3 Å². The molecule has 0 bridgehead atoms. The standard InChI is InChI=1S/C16H14N2O3/c19-15(17-12-4-2-1-3-5-12)9-7-11-6-8-14-13(10-11)18-16(20)21-14/h1-6,8,10H,7,9H2,(H,17,19)(H,18,20). The van der Waals surface area contributed by atoms with Gasteiger partial charge in [0.05, 0.1) is 5.52 Å². The molecule has 0 aliphatic carbocycles. The lowest BCUT2D eigenvalue weighted by Gasteiger charge is -2.05. The van der Waals surface area contributed by atoms with Crippen LogP contribution in [0.2, 0.25) is 0 Å². The van der Waals surface area contributed by atoms with Crippen molar-refractivity contribution in [3.05, 3.63) is 64.6 Å². The summed E-state index contributed by atoms with van der Waals surface area (Å²) >= 11 is 0. The second kappa shape index (κ2) is 5.66. The van der Waals surface area contributed by atoms with Crippen molar-refractivity contribution in [1.29, 1.82) is 0 Å². The number of rotatable bonds is 4. The number of anilines is 1. The molecule has 0 atom stereocenters. The van der Waals surface area contributed by atoms with Crippen LogP contribution in [-0.2, 0) is 11.2 Å². The first kappa shape index (κ1) is 13.2. The highest BCUT2D eigenvalue weighted by atomic mass is 16.4. The normalized spacial score (nSPS) is 10.7. The molecule has 1 amide bonds. The lowest BCUT2D eigenvalue weighted by atomic mass is 10.1. The molecule has 5 heteroatoms. The van der Waals surface area contributed by atoms with Gasteiger partial charge in [0.15, 0.2) is 5.58 Å². The highest BCUT2D eigenvalue weighted by Gasteiger charge is 2.05. The first-order chi connectivity index (χ1) is 10.2. The van der Waals surface area contributed by atoms with E-state index in [4.69, 9.17) is 4.42 Å². The molecule has 0 unspecified atom stereocenters. The Balaban J connectivity index is 1.63. The Morgan fingerprint density at radius 1 is 1.14 bits per heavy atom. The maximum Gasteiger partial charge on any atom is 0.417 e. The number of hydrogen-bond donors (Lipinski definition) is 2. The predicted octanol–water partition coefficient (Wildman–Crippen LogP) is 2.69. The quantitative estimate of drug-likeness (QED) is 0.772. The molecule has 0 saturated carbocycles. The molecule has 3 rings (SSSR count). The second-order valence-corrected chi connectivity index (χ2v) is 4.76. The third-order valence-electron chi connectivity index (χ3n) is 3.18. The maximum atomic E-state index is 11.9. The Morgan fingerprint density at radius 3 is 2.76 bits per heavy atom. The summed E-state index contributed by atoms with van der Waals surface area (Å²) in [7, 11) is 0. The number of H-pyrrole nitrogens is 1. The van der Waals surface area contributed by atoms with E-state index in [1.165, 1.54) is 0 Å². The topological polar surface area (TPSA) is 75.1 Å². The van der Waals surface area contributed by atoms with Crippen LogP contribution >= 0.6 is 0 Å². The van der Waals surface area contributed by atoms with Gasteiger partial charge in [-0.1, -0.05) is 24.3 Å². The Bertz CT molecular complexity index is 818. The molecular formula is C16H14N2O3. The van der Waals surface area contributed by atoms with Crippen LogP contribution in [-0.4, -0.2) is 10.9 Å². The third kappa shape index (κ3) is 3.20. The molecule has 2 N–H and O–H groups in total. The van der Waals surface area contributed by atoms with E-state index in [9.17, 15) is 9.59 Å². The number of benzene rings is 2. The molecule has 2 aromatic carbocycles. The van der Waals surface area contributed by atoms with Gasteiger partial charge in [-0.2, -0.15) is 0 Å². The number of oxazole rings is 1. The number of hydrogen-bond acceptors (Lipinski definition) is 3. The number of nitrogens with one attached hydrogen (secondary N) is 2. The molecule has 0 fully saturated rings. The van der Waals surface area contributed by atoms with Crippen molar-refractivity contribution < 1.29 is 9.21 Å². The summed E-state index contributed by atoms with van der Waals surface area (Å²) in [4.78, 5) is 25.6. The summed E-state index contributed by atoms with van der Waals surface area (Å²) in [6.07, 6.45) is 0.976. The Kier molecular flexibility index (Phi) is 3.55. The van der Waals surface area contributed by atoms with E-state index in [0.29, 0.717) is 23.9 Å². The fourth-order valence-corrected chi connectivity index (χ4v) is 2.16. The van der Waals surface area contributed by atoms with Crippen LogP contribution in [0, 0.1) is 0 Å². The van der Waals surface area contributed by atoms with Crippen LogP contribution in [0.3, 0.4) is 0 Å². The lowest BCUT2D eigenvalue weighted by molar-refractivity contribution is -0.116. The lowest BCUT2D eigenvalue weighted by Crippen LogP contribution is -2.12. The predicted molar refractivity (Wildman–Crippen MR) is 80.2 cm³/mol. The second-order valence-electron chi connectivity index (χ2n) is 4.76. The van der Waals surface area contributed by atoms with Gasteiger partial charge in [-0.3, -0.25) is 9.78 Å². The van der Waals surface area contributed by atoms with Gasteiger partial charge in [0, 0.05) is 12.1 Å². The molecule has 0 spiro atoms. The van der Waals surface area contributed by atoms with E-state index in [1.807, 2.05) is 42.5 Å². The van der Waals surface area contributed by atoms with E-state index in [1.54, 1.807) is 6.07 Å². The van der Waals surface area contributed by atoms with Gasteiger partial charge >= 0.3 is 5.76 Å². The number of carbonyl (C=O) groups is 1. The molecular weight excluding hydrogens is 268 g/mol. The molecule has 5 nitrogen and oxygen atoms in total. The number of amides is 1. The minimum atomic E-state index is -0.469. The Labute approximate surface area is 120 Å². The summed E-state index contributed by atoms with van der Waals surface area (Å²) < 4.78 is 4.94. The van der Waals surface area contributed by atoms with Gasteiger partial charge in [-0.25, -0.2) is 4.79 Å². The highest BCUT2D eigenvalue weighted by Crippen LogP contribution is 2.14. The zero-order valence-corrected chi connectivity index (χ0v) is 11.3. The van der Waals surface area contributed by atoms with Crippen molar-refractivity contribution >= 4 is 22.7 Å². The van der Waals surface area contributed by atoms with Crippen molar-refractivity contribution in [1.82, 2.24) is 4.98 Å². The van der Waals surface area contributed by atoms with E-state index >= 15 is 0 Å². The fourth-order valence-electron chi connectivity index (χ4n) is 2.16. The van der Waals surface area contributed by atoms with Crippen LogP contribution < -0.4 is 11.1 Å². The number of aryl methyl sites for hydroxylation is 1.